The van der Waals surface area contributed by atoms with Crippen LogP contribution in [-0.4, -0.2) is 46.7 Å². The van der Waals surface area contributed by atoms with Crippen LogP contribution in [0.5, 0.6) is 5.75 Å². The molecule has 23 heavy (non-hydrogen) atoms. The van der Waals surface area contributed by atoms with Crippen LogP contribution in [0.3, 0.4) is 0 Å². The first-order valence-electron chi connectivity index (χ1n) is 7.38. The maximum absolute atomic E-state index is 12.4. The second-order valence-corrected chi connectivity index (χ2v) is 5.22. The van der Waals surface area contributed by atoms with E-state index in [9.17, 15) is 9.59 Å². The fourth-order valence-corrected chi connectivity index (χ4v) is 2.42. The third kappa shape index (κ3) is 3.33. The van der Waals surface area contributed by atoms with Gasteiger partial charge in [0.1, 0.15) is 11.5 Å². The highest BCUT2D eigenvalue weighted by Crippen LogP contribution is 2.16. The van der Waals surface area contributed by atoms with Crippen molar-refractivity contribution in [3.8, 4) is 5.75 Å². The molecule has 2 aromatic rings. The van der Waals surface area contributed by atoms with Crippen molar-refractivity contribution in [3.05, 3.63) is 47.9 Å². The molecule has 7 heteroatoms. The van der Waals surface area contributed by atoms with Crippen LogP contribution in [0.4, 0.5) is 0 Å². The number of aryl methyl sites for hydroxylation is 1. The number of amides is 2. The summed E-state index contributed by atoms with van der Waals surface area (Å²) in [5, 5.41) is 6.52. The van der Waals surface area contributed by atoms with E-state index in [0.29, 0.717) is 24.6 Å². The lowest BCUT2D eigenvalue weighted by Crippen LogP contribution is -2.46. The van der Waals surface area contributed by atoms with Crippen LogP contribution in [0.25, 0.3) is 0 Å². The van der Waals surface area contributed by atoms with Crippen LogP contribution in [-0.2, 0) is 4.79 Å². The largest absolute Gasteiger partial charge is 0.484 e. The SMILES string of the molecule is Cc1cc(C(=O)N2CCCN2C(=O)COc2ccccc2)no1. The van der Waals surface area contributed by atoms with Crippen molar-refractivity contribution in [2.24, 2.45) is 0 Å². The van der Waals surface area contributed by atoms with E-state index >= 15 is 0 Å². The zero-order valence-electron chi connectivity index (χ0n) is 12.8. The Bertz CT molecular complexity index is 698. The molecule has 1 aromatic heterocycles. The summed E-state index contributed by atoms with van der Waals surface area (Å²) in [4.78, 5) is 24.8. The maximum Gasteiger partial charge on any atom is 0.294 e. The third-order valence-corrected chi connectivity index (χ3v) is 3.51. The predicted molar refractivity (Wildman–Crippen MR) is 80.5 cm³/mol. The quantitative estimate of drug-likeness (QED) is 0.857. The van der Waals surface area contributed by atoms with Gasteiger partial charge < -0.3 is 9.26 Å². The Kier molecular flexibility index (Phi) is 4.27. The zero-order valence-corrected chi connectivity index (χ0v) is 12.8. The van der Waals surface area contributed by atoms with Gasteiger partial charge in [0.2, 0.25) is 0 Å². The molecule has 0 radical (unpaired) electrons. The number of para-hydroxylation sites is 1. The van der Waals surface area contributed by atoms with Gasteiger partial charge in [-0.15, -0.1) is 0 Å². The van der Waals surface area contributed by atoms with E-state index in [1.807, 2.05) is 18.2 Å². The second-order valence-electron chi connectivity index (χ2n) is 5.22. The molecule has 1 aromatic carbocycles. The van der Waals surface area contributed by atoms with Crippen LogP contribution >= 0.6 is 0 Å². The number of aromatic nitrogens is 1. The van der Waals surface area contributed by atoms with Gasteiger partial charge in [0, 0.05) is 19.2 Å². The number of ether oxygens (including phenoxy) is 1. The average Bonchev–Trinajstić information content (AvgIpc) is 3.22. The molecule has 2 heterocycles. The number of hydrogen-bond donors (Lipinski definition) is 0. The summed E-state index contributed by atoms with van der Waals surface area (Å²) in [6, 6.07) is 10.6. The molecule has 1 aliphatic heterocycles. The molecule has 0 unspecified atom stereocenters. The first kappa shape index (κ1) is 15.1. The summed E-state index contributed by atoms with van der Waals surface area (Å²) in [5.74, 6) is 0.565. The number of benzene rings is 1. The highest BCUT2D eigenvalue weighted by atomic mass is 16.5. The first-order chi connectivity index (χ1) is 11.1. The summed E-state index contributed by atoms with van der Waals surface area (Å²) < 4.78 is 10.4. The van der Waals surface area contributed by atoms with E-state index in [0.717, 1.165) is 6.42 Å². The number of nitrogens with zero attached hydrogens (tertiary/aromatic N) is 3. The maximum atomic E-state index is 12.4. The van der Waals surface area contributed by atoms with Crippen molar-refractivity contribution in [2.75, 3.05) is 19.7 Å². The van der Waals surface area contributed by atoms with Gasteiger partial charge in [-0.25, -0.2) is 10.0 Å². The molecule has 0 N–H and O–H groups in total. The molecule has 0 atom stereocenters. The van der Waals surface area contributed by atoms with E-state index in [4.69, 9.17) is 9.26 Å². The van der Waals surface area contributed by atoms with E-state index in [1.165, 1.54) is 10.0 Å². The van der Waals surface area contributed by atoms with Crippen molar-refractivity contribution in [1.29, 1.82) is 0 Å². The predicted octanol–water partition coefficient (Wildman–Crippen LogP) is 1.65. The summed E-state index contributed by atoms with van der Waals surface area (Å²) in [6.45, 7) is 2.55. The molecule has 2 amide bonds. The summed E-state index contributed by atoms with van der Waals surface area (Å²) in [6.07, 6.45) is 0.722. The van der Waals surface area contributed by atoms with E-state index in [-0.39, 0.29) is 24.1 Å². The highest BCUT2D eigenvalue weighted by molar-refractivity contribution is 5.94. The number of rotatable bonds is 4. The molecule has 1 saturated heterocycles. The van der Waals surface area contributed by atoms with Gasteiger partial charge in [-0.3, -0.25) is 9.59 Å². The fourth-order valence-electron chi connectivity index (χ4n) is 2.42. The van der Waals surface area contributed by atoms with Gasteiger partial charge >= 0.3 is 0 Å². The van der Waals surface area contributed by atoms with Crippen molar-refractivity contribution >= 4 is 11.8 Å². The van der Waals surface area contributed by atoms with Crippen LogP contribution in [0.1, 0.15) is 22.7 Å². The molecule has 3 rings (SSSR count). The number of carbonyl (C=O) groups excluding carboxylic acids is 2. The van der Waals surface area contributed by atoms with E-state index < -0.39 is 0 Å². The van der Waals surface area contributed by atoms with Gasteiger partial charge in [-0.05, 0) is 25.5 Å². The summed E-state index contributed by atoms with van der Waals surface area (Å²) in [5.41, 5.74) is 0.200. The Balaban J connectivity index is 1.64. The van der Waals surface area contributed by atoms with Crippen LogP contribution in [0, 0.1) is 6.92 Å². The molecule has 0 aliphatic carbocycles. The monoisotopic (exact) mass is 315 g/mol. The normalized spacial score (nSPS) is 14.1. The Morgan fingerprint density at radius 1 is 1.22 bits per heavy atom. The lowest BCUT2D eigenvalue weighted by atomic mass is 10.3. The minimum Gasteiger partial charge on any atom is -0.484 e. The molecule has 1 aliphatic rings. The smallest absolute Gasteiger partial charge is 0.294 e. The highest BCUT2D eigenvalue weighted by Gasteiger charge is 2.32. The molecule has 0 saturated carbocycles. The number of hydrogen-bond acceptors (Lipinski definition) is 5. The van der Waals surface area contributed by atoms with Crippen molar-refractivity contribution in [2.45, 2.75) is 13.3 Å². The van der Waals surface area contributed by atoms with Crippen LogP contribution in [0.15, 0.2) is 40.9 Å². The van der Waals surface area contributed by atoms with E-state index in [1.54, 1.807) is 25.1 Å². The Hall–Kier alpha value is -2.83. The van der Waals surface area contributed by atoms with Gasteiger partial charge in [0.25, 0.3) is 11.8 Å². The van der Waals surface area contributed by atoms with Crippen molar-refractivity contribution in [3.63, 3.8) is 0 Å². The molecule has 0 bridgehead atoms. The van der Waals surface area contributed by atoms with Crippen molar-refractivity contribution < 1.29 is 18.8 Å². The average molecular weight is 315 g/mol. The van der Waals surface area contributed by atoms with Gasteiger partial charge in [0.05, 0.1) is 0 Å². The fraction of sp³-hybridized carbons (Fsp3) is 0.312. The Morgan fingerprint density at radius 2 is 1.96 bits per heavy atom. The minimum absolute atomic E-state index is 0.119. The molecular weight excluding hydrogens is 298 g/mol. The lowest BCUT2D eigenvalue weighted by molar-refractivity contribution is -0.142. The van der Waals surface area contributed by atoms with Crippen LogP contribution < -0.4 is 4.74 Å². The lowest BCUT2D eigenvalue weighted by Gasteiger charge is -2.27. The minimum atomic E-state index is -0.340. The molecule has 120 valence electrons. The Morgan fingerprint density at radius 3 is 2.65 bits per heavy atom. The molecule has 7 nitrogen and oxygen atoms in total. The van der Waals surface area contributed by atoms with Gasteiger partial charge in [-0.2, -0.15) is 0 Å². The topological polar surface area (TPSA) is 75.9 Å². The third-order valence-electron chi connectivity index (χ3n) is 3.51. The van der Waals surface area contributed by atoms with E-state index in [2.05, 4.69) is 5.16 Å². The first-order valence-corrected chi connectivity index (χ1v) is 7.38. The number of hydrazine groups is 1. The molecule has 0 spiro atoms. The Labute approximate surface area is 133 Å². The second kappa shape index (κ2) is 6.51. The van der Waals surface area contributed by atoms with Gasteiger partial charge in [0.15, 0.2) is 12.3 Å². The molecular formula is C16H17N3O4. The summed E-state index contributed by atoms with van der Waals surface area (Å²) in [7, 11) is 0. The van der Waals surface area contributed by atoms with Gasteiger partial charge in [-0.1, -0.05) is 23.4 Å². The zero-order chi connectivity index (χ0) is 16.2. The van der Waals surface area contributed by atoms with Crippen LogP contribution in [0.2, 0.25) is 0 Å². The number of carbonyl (C=O) groups is 2. The van der Waals surface area contributed by atoms with Crippen molar-refractivity contribution in [1.82, 2.24) is 15.2 Å². The molecule has 1 fully saturated rings. The standard InChI is InChI=1S/C16H17N3O4/c1-12-10-14(17-23-12)16(21)19-9-5-8-18(19)15(20)11-22-13-6-3-2-4-7-13/h2-4,6-7,10H,5,8-9,11H2,1H3. The summed E-state index contributed by atoms with van der Waals surface area (Å²) >= 11 is 0.